The first-order valence-corrected chi connectivity index (χ1v) is 7.54. The molecule has 7 heteroatoms. The zero-order valence-electron chi connectivity index (χ0n) is 13.3. The summed E-state index contributed by atoms with van der Waals surface area (Å²) in [5, 5.41) is 9.27. The maximum Gasteiger partial charge on any atom is 0.362 e. The molecular weight excluding hydrogens is 324 g/mol. The monoisotopic (exact) mass is 338 g/mol. The van der Waals surface area contributed by atoms with Crippen LogP contribution in [0, 0.1) is 0 Å². The molecule has 7 nitrogen and oxygen atoms in total. The number of carboxylic acid groups (broad SMARTS) is 1. The molecule has 0 radical (unpaired) electrons. The van der Waals surface area contributed by atoms with E-state index in [1.54, 1.807) is 43.3 Å². The Morgan fingerprint density at radius 1 is 1.00 bits per heavy atom. The van der Waals surface area contributed by atoms with Gasteiger partial charge >= 0.3 is 11.9 Å². The van der Waals surface area contributed by atoms with Gasteiger partial charge in [-0.15, -0.1) is 0 Å². The first-order valence-electron chi connectivity index (χ1n) is 7.54. The number of esters is 1. The molecule has 0 aliphatic heterocycles. The number of carbonyl (C=O) groups excluding carboxylic acids is 1. The second-order valence-electron chi connectivity index (χ2n) is 4.99. The van der Waals surface area contributed by atoms with Crippen molar-refractivity contribution in [2.75, 3.05) is 6.61 Å². The lowest BCUT2D eigenvalue weighted by molar-refractivity contribution is 0.0516. The lowest BCUT2D eigenvalue weighted by Gasteiger charge is -2.11. The van der Waals surface area contributed by atoms with E-state index in [-0.39, 0.29) is 29.5 Å². The minimum atomic E-state index is -1.15. The number of aromatic nitrogens is 2. The van der Waals surface area contributed by atoms with Crippen molar-refractivity contribution in [1.82, 2.24) is 9.97 Å². The molecule has 0 saturated carbocycles. The molecule has 0 unspecified atom stereocenters. The van der Waals surface area contributed by atoms with E-state index in [1.165, 1.54) is 12.1 Å². The third-order valence-electron chi connectivity index (χ3n) is 3.33. The lowest BCUT2D eigenvalue weighted by Crippen LogP contribution is -2.11. The van der Waals surface area contributed by atoms with Crippen molar-refractivity contribution in [2.24, 2.45) is 0 Å². The Morgan fingerprint density at radius 2 is 1.64 bits per heavy atom. The standard InChI is InChI=1S/C18H14N2O5/c1-2-24-18(23)15-16(20-13-9-5-4-8-12(13)19-15)25-14-10-6-3-7-11(14)17(21)22/h3-10H,2H2,1H3,(H,21,22). The smallest absolute Gasteiger partial charge is 0.362 e. The highest BCUT2D eigenvalue weighted by atomic mass is 16.5. The molecule has 0 aliphatic rings. The summed E-state index contributed by atoms with van der Waals surface area (Å²) in [5.74, 6) is -1.89. The van der Waals surface area contributed by atoms with Crippen molar-refractivity contribution >= 4 is 23.0 Å². The quantitative estimate of drug-likeness (QED) is 0.713. The van der Waals surface area contributed by atoms with Crippen LogP contribution in [-0.4, -0.2) is 33.6 Å². The molecule has 0 aliphatic carbocycles. The number of rotatable bonds is 5. The summed E-state index contributed by atoms with van der Waals surface area (Å²) in [5.41, 5.74) is 0.857. The summed E-state index contributed by atoms with van der Waals surface area (Å²) in [6.07, 6.45) is 0. The lowest BCUT2D eigenvalue weighted by atomic mass is 10.2. The third kappa shape index (κ3) is 3.40. The number of carboxylic acids is 1. The SMILES string of the molecule is CCOC(=O)c1nc2ccccc2nc1Oc1ccccc1C(=O)O. The van der Waals surface area contributed by atoms with Crippen LogP contribution in [0.2, 0.25) is 0 Å². The molecule has 0 fully saturated rings. The second kappa shape index (κ2) is 6.96. The summed E-state index contributed by atoms with van der Waals surface area (Å²) in [7, 11) is 0. The number of benzene rings is 2. The van der Waals surface area contributed by atoms with Crippen molar-refractivity contribution in [3.63, 3.8) is 0 Å². The van der Waals surface area contributed by atoms with Crippen molar-refractivity contribution in [3.05, 3.63) is 59.8 Å². The Labute approximate surface area is 142 Å². The van der Waals surface area contributed by atoms with Gasteiger partial charge in [0.05, 0.1) is 17.6 Å². The van der Waals surface area contributed by atoms with E-state index in [0.29, 0.717) is 11.0 Å². The fourth-order valence-electron chi connectivity index (χ4n) is 2.22. The second-order valence-corrected chi connectivity index (χ2v) is 4.99. The van der Waals surface area contributed by atoms with Crippen molar-refractivity contribution in [1.29, 1.82) is 0 Å². The summed E-state index contributed by atoms with van der Waals surface area (Å²) < 4.78 is 10.6. The topological polar surface area (TPSA) is 98.6 Å². The number of fused-ring (bicyclic) bond motifs is 1. The van der Waals surface area contributed by atoms with Crippen molar-refractivity contribution in [2.45, 2.75) is 6.92 Å². The number of carbonyl (C=O) groups is 2. The number of hydrogen-bond acceptors (Lipinski definition) is 6. The largest absolute Gasteiger partial charge is 0.478 e. The zero-order valence-corrected chi connectivity index (χ0v) is 13.3. The van der Waals surface area contributed by atoms with Gasteiger partial charge in [0.1, 0.15) is 11.3 Å². The van der Waals surface area contributed by atoms with E-state index >= 15 is 0 Å². The van der Waals surface area contributed by atoms with Crippen LogP contribution >= 0.6 is 0 Å². The zero-order chi connectivity index (χ0) is 17.8. The van der Waals surface area contributed by atoms with Gasteiger partial charge in [0, 0.05) is 0 Å². The van der Waals surface area contributed by atoms with Crippen molar-refractivity contribution in [3.8, 4) is 11.6 Å². The molecular formula is C18H14N2O5. The van der Waals surface area contributed by atoms with Crippen LogP contribution in [0.3, 0.4) is 0 Å². The molecule has 0 amide bonds. The predicted octanol–water partition coefficient (Wildman–Crippen LogP) is 3.30. The average molecular weight is 338 g/mol. The first-order chi connectivity index (χ1) is 12.1. The Kier molecular flexibility index (Phi) is 4.56. The Hall–Kier alpha value is -3.48. The van der Waals surface area contributed by atoms with Gasteiger partial charge in [0.25, 0.3) is 5.88 Å². The third-order valence-corrected chi connectivity index (χ3v) is 3.33. The molecule has 1 aromatic heterocycles. The highest BCUT2D eigenvalue weighted by Gasteiger charge is 2.21. The number of aromatic carboxylic acids is 1. The van der Waals surface area contributed by atoms with E-state index in [2.05, 4.69) is 9.97 Å². The van der Waals surface area contributed by atoms with Crippen LogP contribution in [0.4, 0.5) is 0 Å². The molecule has 25 heavy (non-hydrogen) atoms. The number of para-hydroxylation sites is 3. The molecule has 126 valence electrons. The van der Waals surface area contributed by atoms with Crippen LogP contribution in [0.25, 0.3) is 11.0 Å². The van der Waals surface area contributed by atoms with Gasteiger partial charge in [-0.1, -0.05) is 24.3 Å². The minimum Gasteiger partial charge on any atom is -0.478 e. The van der Waals surface area contributed by atoms with E-state index in [4.69, 9.17) is 9.47 Å². The highest BCUT2D eigenvalue weighted by Crippen LogP contribution is 2.28. The van der Waals surface area contributed by atoms with Gasteiger partial charge in [0.2, 0.25) is 5.69 Å². The number of nitrogens with zero attached hydrogens (tertiary/aromatic N) is 2. The Bertz CT molecular complexity index is 955. The normalized spacial score (nSPS) is 10.4. The molecule has 1 heterocycles. The van der Waals surface area contributed by atoms with E-state index in [9.17, 15) is 14.7 Å². The first kappa shape index (κ1) is 16.4. The summed E-state index contributed by atoms with van der Waals surface area (Å²) >= 11 is 0. The van der Waals surface area contributed by atoms with Crippen LogP contribution in [0.5, 0.6) is 11.6 Å². The maximum absolute atomic E-state index is 12.2. The van der Waals surface area contributed by atoms with E-state index < -0.39 is 11.9 Å². The molecule has 2 aromatic carbocycles. The summed E-state index contributed by atoms with van der Waals surface area (Å²) in [6.45, 7) is 1.84. The molecule has 0 bridgehead atoms. The average Bonchev–Trinajstić information content (AvgIpc) is 2.61. The molecule has 0 saturated heterocycles. The summed E-state index contributed by atoms with van der Waals surface area (Å²) in [4.78, 5) is 32.1. The molecule has 0 atom stereocenters. The van der Waals surface area contributed by atoms with Gasteiger partial charge in [-0.3, -0.25) is 0 Å². The van der Waals surface area contributed by atoms with Gasteiger partial charge in [-0.25, -0.2) is 19.6 Å². The van der Waals surface area contributed by atoms with Crippen LogP contribution in [0.1, 0.15) is 27.8 Å². The predicted molar refractivity (Wildman–Crippen MR) is 89.0 cm³/mol. The van der Waals surface area contributed by atoms with Crippen LogP contribution < -0.4 is 4.74 Å². The van der Waals surface area contributed by atoms with Crippen LogP contribution in [0.15, 0.2) is 48.5 Å². The fraction of sp³-hybridized carbons (Fsp3) is 0.111. The Balaban J connectivity index is 2.12. The minimum absolute atomic E-state index is 0.0488. The van der Waals surface area contributed by atoms with Gasteiger partial charge in [-0.05, 0) is 31.2 Å². The van der Waals surface area contributed by atoms with E-state index in [0.717, 1.165) is 0 Å². The Morgan fingerprint density at radius 3 is 2.32 bits per heavy atom. The molecule has 3 aromatic rings. The van der Waals surface area contributed by atoms with Gasteiger partial charge < -0.3 is 14.6 Å². The van der Waals surface area contributed by atoms with Crippen LogP contribution in [-0.2, 0) is 4.74 Å². The molecule has 3 rings (SSSR count). The molecule has 1 N–H and O–H groups in total. The summed E-state index contributed by atoms with van der Waals surface area (Å²) in [6, 6.07) is 13.1. The van der Waals surface area contributed by atoms with Gasteiger partial charge in [0.15, 0.2) is 0 Å². The van der Waals surface area contributed by atoms with Crippen molar-refractivity contribution < 1.29 is 24.2 Å². The van der Waals surface area contributed by atoms with Gasteiger partial charge in [-0.2, -0.15) is 0 Å². The maximum atomic E-state index is 12.2. The molecule has 0 spiro atoms. The number of hydrogen-bond donors (Lipinski definition) is 1. The van der Waals surface area contributed by atoms with E-state index in [1.807, 2.05) is 0 Å². The fourth-order valence-corrected chi connectivity index (χ4v) is 2.22. The highest BCUT2D eigenvalue weighted by molar-refractivity contribution is 5.93. The number of ether oxygens (including phenoxy) is 2.